The largest absolute Gasteiger partial charge is 0.489 e. The van der Waals surface area contributed by atoms with Crippen LogP contribution in [0.4, 0.5) is 5.69 Å². The Labute approximate surface area is 183 Å². The summed E-state index contributed by atoms with van der Waals surface area (Å²) in [5.41, 5.74) is 4.80. The number of aromatic nitrogens is 3. The van der Waals surface area contributed by atoms with Crippen LogP contribution >= 0.6 is 22.9 Å². The van der Waals surface area contributed by atoms with Gasteiger partial charge < -0.3 is 10.1 Å². The van der Waals surface area contributed by atoms with E-state index >= 15 is 0 Å². The van der Waals surface area contributed by atoms with Gasteiger partial charge in [0.25, 0.3) is 0 Å². The number of nitrogens with zero attached hydrogens (tertiary/aromatic N) is 3. The number of aryl methyl sites for hydroxylation is 1. The molecule has 0 aliphatic carbocycles. The van der Waals surface area contributed by atoms with Gasteiger partial charge in [-0.3, -0.25) is 9.97 Å². The predicted molar refractivity (Wildman–Crippen MR) is 121 cm³/mol. The molecule has 1 atom stereocenters. The van der Waals surface area contributed by atoms with Crippen molar-refractivity contribution in [1.29, 1.82) is 0 Å². The van der Waals surface area contributed by atoms with Gasteiger partial charge in [-0.2, -0.15) is 0 Å². The van der Waals surface area contributed by atoms with E-state index in [1.165, 1.54) is 4.88 Å². The lowest BCUT2D eigenvalue weighted by Gasteiger charge is -2.28. The molecule has 1 unspecified atom stereocenters. The molecule has 1 aliphatic heterocycles. The minimum Gasteiger partial charge on any atom is -0.489 e. The lowest BCUT2D eigenvalue weighted by atomic mass is 10.0. The Morgan fingerprint density at radius 2 is 2.10 bits per heavy atom. The Hall–Kier alpha value is -2.96. The van der Waals surface area contributed by atoms with Crippen LogP contribution in [0.25, 0.3) is 22.0 Å². The molecule has 3 heterocycles. The van der Waals surface area contributed by atoms with Crippen LogP contribution in [-0.4, -0.2) is 21.6 Å². The van der Waals surface area contributed by atoms with E-state index in [1.807, 2.05) is 24.3 Å². The fraction of sp³-hybridized carbons (Fsp3) is 0.174. The molecule has 2 aromatic carbocycles. The highest BCUT2D eigenvalue weighted by Gasteiger charge is 2.23. The zero-order valence-electron chi connectivity index (χ0n) is 16.3. The SMILES string of the molecule is CCc1sc(-c2cnccn2)nc1-c1ccc2c(c1)OCC(c1ccccc1Cl)N2. The molecule has 0 saturated heterocycles. The van der Waals surface area contributed by atoms with Crippen molar-refractivity contribution in [1.82, 2.24) is 15.0 Å². The molecule has 0 bridgehead atoms. The number of hydrogen-bond donors (Lipinski definition) is 1. The number of thiazole rings is 1. The average Bonchev–Trinajstić information content (AvgIpc) is 3.24. The van der Waals surface area contributed by atoms with Crippen LogP contribution in [0.5, 0.6) is 5.75 Å². The molecule has 0 fully saturated rings. The molecule has 150 valence electrons. The van der Waals surface area contributed by atoms with Crippen LogP contribution in [0.3, 0.4) is 0 Å². The fourth-order valence-electron chi connectivity index (χ4n) is 3.57. The highest BCUT2D eigenvalue weighted by molar-refractivity contribution is 7.15. The summed E-state index contributed by atoms with van der Waals surface area (Å²) in [7, 11) is 0. The van der Waals surface area contributed by atoms with Crippen molar-refractivity contribution < 1.29 is 4.74 Å². The van der Waals surface area contributed by atoms with Crippen molar-refractivity contribution in [2.75, 3.05) is 11.9 Å². The van der Waals surface area contributed by atoms with Crippen molar-refractivity contribution in [3.63, 3.8) is 0 Å². The molecule has 0 amide bonds. The second-order valence-corrected chi connectivity index (χ2v) is 8.47. The minimum atomic E-state index is 0.0192. The standard InChI is InChI=1S/C23H19ClN4OS/c1-2-21-22(28-23(30-21)18-12-25-9-10-26-18)14-7-8-17-20(11-14)29-13-19(27-17)15-5-3-4-6-16(15)24/h3-12,19,27H,2,13H2,1H3. The molecule has 5 nitrogen and oxygen atoms in total. The first-order chi connectivity index (χ1) is 14.7. The van der Waals surface area contributed by atoms with E-state index in [9.17, 15) is 0 Å². The summed E-state index contributed by atoms with van der Waals surface area (Å²) in [5, 5.41) is 5.17. The van der Waals surface area contributed by atoms with Crippen molar-refractivity contribution >= 4 is 28.6 Å². The van der Waals surface area contributed by atoms with Crippen LogP contribution in [0.15, 0.2) is 61.1 Å². The zero-order valence-corrected chi connectivity index (χ0v) is 17.9. The van der Waals surface area contributed by atoms with E-state index in [0.29, 0.717) is 6.61 Å². The Morgan fingerprint density at radius 1 is 1.20 bits per heavy atom. The summed E-state index contributed by atoms with van der Waals surface area (Å²) >= 11 is 8.02. The molecule has 1 N–H and O–H groups in total. The topological polar surface area (TPSA) is 59.9 Å². The van der Waals surface area contributed by atoms with Gasteiger partial charge in [0.15, 0.2) is 0 Å². The van der Waals surface area contributed by atoms with Gasteiger partial charge in [0, 0.05) is 27.9 Å². The highest BCUT2D eigenvalue weighted by Crippen LogP contribution is 2.40. The van der Waals surface area contributed by atoms with Gasteiger partial charge in [-0.05, 0) is 30.2 Å². The third kappa shape index (κ3) is 3.53. The lowest BCUT2D eigenvalue weighted by Crippen LogP contribution is -2.24. The third-order valence-electron chi connectivity index (χ3n) is 5.07. The molecule has 0 spiro atoms. The monoisotopic (exact) mass is 434 g/mol. The molecule has 1 aliphatic rings. The Kier molecular flexibility index (Phi) is 5.11. The lowest BCUT2D eigenvalue weighted by molar-refractivity contribution is 0.286. The van der Waals surface area contributed by atoms with Gasteiger partial charge in [-0.1, -0.05) is 42.8 Å². The van der Waals surface area contributed by atoms with Gasteiger partial charge in [-0.15, -0.1) is 11.3 Å². The second kappa shape index (κ2) is 8.05. The van der Waals surface area contributed by atoms with Gasteiger partial charge in [0.1, 0.15) is 23.1 Å². The Bertz CT molecular complexity index is 1200. The maximum Gasteiger partial charge on any atom is 0.144 e. The molecule has 4 aromatic rings. The molecule has 2 aromatic heterocycles. The molecule has 0 saturated carbocycles. The number of ether oxygens (including phenoxy) is 1. The van der Waals surface area contributed by atoms with Crippen LogP contribution in [0.1, 0.15) is 23.4 Å². The van der Waals surface area contributed by atoms with Crippen molar-refractivity contribution in [2.24, 2.45) is 0 Å². The average molecular weight is 435 g/mol. The van der Waals surface area contributed by atoms with E-state index < -0.39 is 0 Å². The number of anilines is 1. The third-order valence-corrected chi connectivity index (χ3v) is 6.64. The number of hydrogen-bond acceptors (Lipinski definition) is 6. The molecule has 7 heteroatoms. The summed E-state index contributed by atoms with van der Waals surface area (Å²) in [5.74, 6) is 0.826. The van der Waals surface area contributed by atoms with E-state index in [0.717, 1.165) is 50.4 Å². The Balaban J connectivity index is 1.46. The second-order valence-electron chi connectivity index (χ2n) is 6.98. The number of rotatable bonds is 4. The van der Waals surface area contributed by atoms with Gasteiger partial charge >= 0.3 is 0 Å². The fourth-order valence-corrected chi connectivity index (χ4v) is 4.82. The smallest absolute Gasteiger partial charge is 0.144 e. The normalized spacial score (nSPS) is 15.2. The summed E-state index contributed by atoms with van der Waals surface area (Å²) in [4.78, 5) is 14.6. The maximum absolute atomic E-state index is 6.36. The molecule has 30 heavy (non-hydrogen) atoms. The predicted octanol–water partition coefficient (Wildman–Crippen LogP) is 6.03. The number of benzene rings is 2. The highest BCUT2D eigenvalue weighted by atomic mass is 35.5. The molecular formula is C23H19ClN4OS. The number of halogens is 1. The van der Waals surface area contributed by atoms with E-state index in [1.54, 1.807) is 29.9 Å². The quantitative estimate of drug-likeness (QED) is 0.425. The van der Waals surface area contributed by atoms with E-state index in [4.69, 9.17) is 21.3 Å². The van der Waals surface area contributed by atoms with Gasteiger partial charge in [-0.25, -0.2) is 4.98 Å². The molecular weight excluding hydrogens is 416 g/mol. The van der Waals surface area contributed by atoms with E-state index in [2.05, 4.69) is 40.4 Å². The summed E-state index contributed by atoms with van der Waals surface area (Å²) in [6.45, 7) is 2.66. The maximum atomic E-state index is 6.36. The Morgan fingerprint density at radius 3 is 2.90 bits per heavy atom. The summed E-state index contributed by atoms with van der Waals surface area (Å²) in [6, 6.07) is 14.1. The molecule has 0 radical (unpaired) electrons. The zero-order chi connectivity index (χ0) is 20.5. The van der Waals surface area contributed by atoms with E-state index in [-0.39, 0.29) is 6.04 Å². The van der Waals surface area contributed by atoms with Crippen LogP contribution < -0.4 is 10.1 Å². The van der Waals surface area contributed by atoms with Crippen LogP contribution in [0.2, 0.25) is 5.02 Å². The van der Waals surface area contributed by atoms with Gasteiger partial charge in [0.2, 0.25) is 0 Å². The minimum absolute atomic E-state index is 0.0192. The summed E-state index contributed by atoms with van der Waals surface area (Å²) in [6.07, 6.45) is 6.01. The first kappa shape index (κ1) is 19.0. The van der Waals surface area contributed by atoms with Gasteiger partial charge in [0.05, 0.1) is 23.6 Å². The number of nitrogens with one attached hydrogen (secondary N) is 1. The van der Waals surface area contributed by atoms with Crippen molar-refractivity contribution in [3.05, 3.63) is 76.5 Å². The first-order valence-corrected chi connectivity index (χ1v) is 11.0. The molecule has 5 rings (SSSR count). The van der Waals surface area contributed by atoms with Crippen LogP contribution in [-0.2, 0) is 6.42 Å². The van der Waals surface area contributed by atoms with Crippen LogP contribution in [0, 0.1) is 0 Å². The summed E-state index contributed by atoms with van der Waals surface area (Å²) < 4.78 is 6.10. The van der Waals surface area contributed by atoms with Crippen molar-refractivity contribution in [2.45, 2.75) is 19.4 Å². The van der Waals surface area contributed by atoms with Crippen molar-refractivity contribution in [3.8, 4) is 27.7 Å². The first-order valence-electron chi connectivity index (χ1n) is 9.77. The number of fused-ring (bicyclic) bond motifs is 1.